The van der Waals surface area contributed by atoms with Gasteiger partial charge >= 0.3 is 0 Å². The highest BCUT2D eigenvalue weighted by molar-refractivity contribution is 5.54. The number of fused-ring (bicyclic) bond motifs is 1. The molecule has 1 aromatic carbocycles. The van der Waals surface area contributed by atoms with Gasteiger partial charge in [0.2, 0.25) is 0 Å². The van der Waals surface area contributed by atoms with Crippen LogP contribution in [-0.4, -0.2) is 13.2 Å². The highest BCUT2D eigenvalue weighted by Gasteiger charge is 2.13. The van der Waals surface area contributed by atoms with Crippen molar-refractivity contribution in [2.45, 2.75) is 6.92 Å². The lowest BCUT2D eigenvalue weighted by atomic mass is 10.2. The molecule has 0 spiro atoms. The summed E-state index contributed by atoms with van der Waals surface area (Å²) in [6.07, 6.45) is 0. The van der Waals surface area contributed by atoms with E-state index in [-0.39, 0.29) is 0 Å². The molecule has 0 amide bonds. The second-order valence-corrected chi connectivity index (χ2v) is 2.70. The van der Waals surface area contributed by atoms with Crippen LogP contribution in [0.15, 0.2) is 18.2 Å². The minimum Gasteiger partial charge on any atom is -0.486 e. The van der Waals surface area contributed by atoms with Gasteiger partial charge in [-0.2, -0.15) is 0 Å². The molecule has 2 nitrogen and oxygen atoms in total. The van der Waals surface area contributed by atoms with Gasteiger partial charge in [-0.25, -0.2) is 0 Å². The van der Waals surface area contributed by atoms with Crippen LogP contribution in [0.2, 0.25) is 0 Å². The van der Waals surface area contributed by atoms with Crippen molar-refractivity contribution in [1.82, 2.24) is 0 Å². The topological polar surface area (TPSA) is 18.5 Å². The molecule has 1 aromatic rings. The van der Waals surface area contributed by atoms with Crippen molar-refractivity contribution in [2.24, 2.45) is 0 Å². The SMILES string of the molecule is CC#Cc1cccc2c1OCCO2. The van der Waals surface area contributed by atoms with Gasteiger partial charge in [-0.15, -0.1) is 5.92 Å². The molecule has 1 aliphatic rings. The Morgan fingerprint density at radius 3 is 2.92 bits per heavy atom. The first-order valence-electron chi connectivity index (χ1n) is 4.23. The minimum atomic E-state index is 0.607. The number of rotatable bonds is 0. The molecule has 0 bridgehead atoms. The maximum absolute atomic E-state index is 5.48. The minimum absolute atomic E-state index is 0.607. The molecule has 0 saturated heterocycles. The van der Waals surface area contributed by atoms with Crippen LogP contribution in [0.25, 0.3) is 0 Å². The second kappa shape index (κ2) is 3.40. The van der Waals surface area contributed by atoms with Gasteiger partial charge in [0, 0.05) is 0 Å². The first kappa shape index (κ1) is 8.00. The molecular weight excluding hydrogens is 164 g/mol. The maximum atomic E-state index is 5.48. The molecule has 1 heterocycles. The average Bonchev–Trinajstić information content (AvgIpc) is 2.19. The molecule has 0 radical (unpaired) electrons. The Morgan fingerprint density at radius 2 is 2.08 bits per heavy atom. The first-order valence-corrected chi connectivity index (χ1v) is 4.23. The van der Waals surface area contributed by atoms with Crippen LogP contribution in [-0.2, 0) is 0 Å². The normalized spacial score (nSPS) is 13.0. The van der Waals surface area contributed by atoms with E-state index in [4.69, 9.17) is 9.47 Å². The van der Waals surface area contributed by atoms with Crippen molar-refractivity contribution in [3.63, 3.8) is 0 Å². The fourth-order valence-corrected chi connectivity index (χ4v) is 1.31. The predicted molar refractivity (Wildman–Crippen MR) is 50.0 cm³/mol. The molecule has 0 aliphatic carbocycles. The summed E-state index contributed by atoms with van der Waals surface area (Å²) in [5.41, 5.74) is 0.903. The van der Waals surface area contributed by atoms with Gasteiger partial charge in [-0.05, 0) is 19.1 Å². The largest absolute Gasteiger partial charge is 0.486 e. The Bertz CT molecular complexity index is 371. The zero-order valence-electron chi connectivity index (χ0n) is 7.46. The average molecular weight is 174 g/mol. The third-order valence-electron chi connectivity index (χ3n) is 1.83. The highest BCUT2D eigenvalue weighted by Crippen LogP contribution is 2.32. The Kier molecular flexibility index (Phi) is 2.09. The lowest BCUT2D eigenvalue weighted by Crippen LogP contribution is -2.16. The zero-order chi connectivity index (χ0) is 9.10. The van der Waals surface area contributed by atoms with E-state index >= 15 is 0 Å². The standard InChI is InChI=1S/C11H10O2/c1-2-4-9-5-3-6-10-11(9)13-8-7-12-10/h3,5-6H,7-8H2,1H3. The van der Waals surface area contributed by atoms with Gasteiger partial charge in [-0.3, -0.25) is 0 Å². The van der Waals surface area contributed by atoms with Gasteiger partial charge < -0.3 is 9.47 Å². The fourth-order valence-electron chi connectivity index (χ4n) is 1.31. The van der Waals surface area contributed by atoms with Gasteiger partial charge in [0.1, 0.15) is 13.2 Å². The highest BCUT2D eigenvalue weighted by atomic mass is 16.6. The summed E-state index contributed by atoms with van der Waals surface area (Å²) >= 11 is 0. The number of benzene rings is 1. The van der Waals surface area contributed by atoms with E-state index < -0.39 is 0 Å². The maximum Gasteiger partial charge on any atom is 0.176 e. The molecule has 0 unspecified atom stereocenters. The quantitative estimate of drug-likeness (QED) is 0.558. The van der Waals surface area contributed by atoms with Gasteiger partial charge in [0.25, 0.3) is 0 Å². The molecule has 0 atom stereocenters. The number of hydrogen-bond acceptors (Lipinski definition) is 2. The molecule has 13 heavy (non-hydrogen) atoms. The Morgan fingerprint density at radius 1 is 1.23 bits per heavy atom. The molecule has 2 rings (SSSR count). The molecule has 66 valence electrons. The van der Waals surface area contributed by atoms with Crippen molar-refractivity contribution in [1.29, 1.82) is 0 Å². The smallest absolute Gasteiger partial charge is 0.176 e. The zero-order valence-corrected chi connectivity index (χ0v) is 7.46. The van der Waals surface area contributed by atoms with E-state index in [9.17, 15) is 0 Å². The van der Waals surface area contributed by atoms with Crippen LogP contribution in [0.5, 0.6) is 11.5 Å². The number of hydrogen-bond donors (Lipinski definition) is 0. The van der Waals surface area contributed by atoms with Crippen LogP contribution in [0, 0.1) is 11.8 Å². The molecule has 2 heteroatoms. The molecular formula is C11H10O2. The van der Waals surface area contributed by atoms with E-state index in [2.05, 4.69) is 11.8 Å². The van der Waals surface area contributed by atoms with E-state index in [0.717, 1.165) is 17.1 Å². The second-order valence-electron chi connectivity index (χ2n) is 2.70. The number of ether oxygens (including phenoxy) is 2. The van der Waals surface area contributed by atoms with Crippen molar-refractivity contribution in [3.05, 3.63) is 23.8 Å². The molecule has 0 aromatic heterocycles. The van der Waals surface area contributed by atoms with E-state index in [0.29, 0.717) is 13.2 Å². The summed E-state index contributed by atoms with van der Waals surface area (Å²) in [4.78, 5) is 0. The molecule has 0 N–H and O–H groups in total. The Balaban J connectivity index is 2.49. The van der Waals surface area contributed by atoms with Crippen molar-refractivity contribution >= 4 is 0 Å². The monoisotopic (exact) mass is 174 g/mol. The van der Waals surface area contributed by atoms with Crippen LogP contribution < -0.4 is 9.47 Å². The van der Waals surface area contributed by atoms with Gasteiger partial charge in [0.05, 0.1) is 5.56 Å². The summed E-state index contributed by atoms with van der Waals surface area (Å²) in [6.45, 7) is 3.04. The van der Waals surface area contributed by atoms with E-state index in [1.807, 2.05) is 25.1 Å². The summed E-state index contributed by atoms with van der Waals surface area (Å²) < 4.78 is 10.9. The lowest BCUT2D eigenvalue weighted by Gasteiger charge is -2.18. The van der Waals surface area contributed by atoms with Crippen LogP contribution in [0.1, 0.15) is 12.5 Å². The third kappa shape index (κ3) is 1.46. The molecule has 0 saturated carbocycles. The fraction of sp³-hybridized carbons (Fsp3) is 0.273. The van der Waals surface area contributed by atoms with Crippen LogP contribution in [0.4, 0.5) is 0 Å². The summed E-state index contributed by atoms with van der Waals surface area (Å²) in [7, 11) is 0. The summed E-state index contributed by atoms with van der Waals surface area (Å²) in [5, 5.41) is 0. The number of para-hydroxylation sites is 1. The summed E-state index contributed by atoms with van der Waals surface area (Å²) in [6, 6.07) is 5.76. The van der Waals surface area contributed by atoms with Crippen LogP contribution >= 0.6 is 0 Å². The van der Waals surface area contributed by atoms with Crippen molar-refractivity contribution in [2.75, 3.05) is 13.2 Å². The Hall–Kier alpha value is -1.62. The van der Waals surface area contributed by atoms with Crippen molar-refractivity contribution in [3.8, 4) is 23.3 Å². The van der Waals surface area contributed by atoms with Crippen molar-refractivity contribution < 1.29 is 9.47 Å². The van der Waals surface area contributed by atoms with Crippen LogP contribution in [0.3, 0.4) is 0 Å². The lowest BCUT2D eigenvalue weighted by molar-refractivity contribution is 0.171. The third-order valence-corrected chi connectivity index (χ3v) is 1.83. The summed E-state index contributed by atoms with van der Waals surface area (Å²) in [5.74, 6) is 7.41. The van der Waals surface area contributed by atoms with Gasteiger partial charge in [-0.1, -0.05) is 12.0 Å². The molecule has 1 aliphatic heterocycles. The predicted octanol–water partition coefficient (Wildman–Crippen LogP) is 1.83. The van der Waals surface area contributed by atoms with E-state index in [1.165, 1.54) is 0 Å². The van der Waals surface area contributed by atoms with Gasteiger partial charge in [0.15, 0.2) is 11.5 Å². The molecule has 0 fully saturated rings. The Labute approximate surface area is 77.5 Å². The first-order chi connectivity index (χ1) is 6.42. The van der Waals surface area contributed by atoms with E-state index in [1.54, 1.807) is 0 Å².